The third-order valence-electron chi connectivity index (χ3n) is 4.18. The molecule has 0 amide bonds. The molecular formula is C20H20N2O3S. The first-order valence-electron chi connectivity index (χ1n) is 8.24. The number of carbonyl (C=O) groups is 1. The van der Waals surface area contributed by atoms with E-state index in [9.17, 15) is 4.79 Å². The topological polar surface area (TPSA) is 65.2 Å². The number of aryl methyl sites for hydroxylation is 2. The maximum Gasteiger partial charge on any atom is 0.277 e. The van der Waals surface area contributed by atoms with Crippen molar-refractivity contribution in [1.29, 1.82) is 0 Å². The lowest BCUT2D eigenvalue weighted by Gasteiger charge is -2.09. The van der Waals surface area contributed by atoms with Crippen LogP contribution in [0.1, 0.15) is 28.4 Å². The number of Topliss-reactive ketones (excluding diaryl/α,β-unsaturated/α-hetero) is 1. The van der Waals surface area contributed by atoms with Crippen LogP contribution in [0.25, 0.3) is 11.5 Å². The first-order valence-corrected chi connectivity index (χ1v) is 9.12. The highest BCUT2D eigenvalue weighted by atomic mass is 32.2. The van der Waals surface area contributed by atoms with Crippen molar-refractivity contribution in [3.05, 3.63) is 59.2 Å². The summed E-state index contributed by atoms with van der Waals surface area (Å²) in [5, 5.41) is 8.17. The Morgan fingerprint density at radius 2 is 1.81 bits per heavy atom. The van der Waals surface area contributed by atoms with Crippen LogP contribution in [-0.2, 0) is 0 Å². The molecule has 2 aromatic carbocycles. The van der Waals surface area contributed by atoms with Crippen molar-refractivity contribution in [2.75, 3.05) is 7.11 Å². The van der Waals surface area contributed by atoms with Crippen LogP contribution in [0.15, 0.2) is 52.1 Å². The molecule has 0 aliphatic heterocycles. The summed E-state index contributed by atoms with van der Waals surface area (Å²) in [6, 6.07) is 13.1. The molecule has 5 nitrogen and oxygen atoms in total. The molecule has 1 heterocycles. The first-order chi connectivity index (χ1) is 12.5. The maximum absolute atomic E-state index is 12.6. The van der Waals surface area contributed by atoms with Gasteiger partial charge in [-0.3, -0.25) is 4.79 Å². The van der Waals surface area contributed by atoms with Gasteiger partial charge in [0.25, 0.3) is 5.22 Å². The number of ketones is 1. The Kier molecular flexibility index (Phi) is 5.42. The lowest BCUT2D eigenvalue weighted by molar-refractivity contribution is 0.0993. The van der Waals surface area contributed by atoms with Crippen molar-refractivity contribution >= 4 is 17.5 Å². The van der Waals surface area contributed by atoms with Crippen LogP contribution in [-0.4, -0.2) is 28.3 Å². The van der Waals surface area contributed by atoms with Gasteiger partial charge in [0.15, 0.2) is 5.78 Å². The Balaban J connectivity index is 1.71. The van der Waals surface area contributed by atoms with Crippen LogP contribution < -0.4 is 4.74 Å². The van der Waals surface area contributed by atoms with Gasteiger partial charge in [-0.05, 0) is 62.2 Å². The Bertz CT molecular complexity index is 919. The van der Waals surface area contributed by atoms with E-state index in [1.165, 1.54) is 17.3 Å². The quantitative estimate of drug-likeness (QED) is 0.463. The number of hydrogen-bond acceptors (Lipinski definition) is 6. The van der Waals surface area contributed by atoms with Crippen LogP contribution in [0.5, 0.6) is 5.75 Å². The molecule has 0 saturated heterocycles. The minimum Gasteiger partial charge on any atom is -0.497 e. The van der Waals surface area contributed by atoms with Gasteiger partial charge in [-0.15, -0.1) is 10.2 Å². The Morgan fingerprint density at radius 3 is 2.46 bits per heavy atom. The molecule has 6 heteroatoms. The van der Waals surface area contributed by atoms with Crippen molar-refractivity contribution < 1.29 is 13.9 Å². The summed E-state index contributed by atoms with van der Waals surface area (Å²) in [7, 11) is 1.62. The summed E-state index contributed by atoms with van der Waals surface area (Å²) in [6.07, 6.45) is 0. The summed E-state index contributed by atoms with van der Waals surface area (Å²) in [6.45, 7) is 5.88. The molecule has 0 saturated carbocycles. The highest BCUT2D eigenvalue weighted by Crippen LogP contribution is 2.28. The molecular weight excluding hydrogens is 348 g/mol. The van der Waals surface area contributed by atoms with Gasteiger partial charge in [0.1, 0.15) is 5.75 Å². The molecule has 3 rings (SSSR count). The SMILES string of the molecule is COc1ccc(-c2nnc(S[C@@H](C)C(=O)c3ccc(C)c(C)c3)o2)cc1. The van der Waals surface area contributed by atoms with Crippen LogP contribution >= 0.6 is 11.8 Å². The molecule has 134 valence electrons. The summed E-state index contributed by atoms with van der Waals surface area (Å²) in [4.78, 5) is 12.6. The average molecular weight is 368 g/mol. The monoisotopic (exact) mass is 368 g/mol. The third-order valence-corrected chi connectivity index (χ3v) is 5.12. The van der Waals surface area contributed by atoms with Crippen molar-refractivity contribution in [3.63, 3.8) is 0 Å². The average Bonchev–Trinajstić information content (AvgIpc) is 3.12. The minimum atomic E-state index is -0.318. The molecule has 0 bridgehead atoms. The first kappa shape index (κ1) is 18.2. The lowest BCUT2D eigenvalue weighted by Crippen LogP contribution is -2.13. The largest absolute Gasteiger partial charge is 0.497 e. The lowest BCUT2D eigenvalue weighted by atomic mass is 10.0. The van der Waals surface area contributed by atoms with Gasteiger partial charge in [-0.1, -0.05) is 23.9 Å². The summed E-state index contributed by atoms with van der Waals surface area (Å²) < 4.78 is 10.8. The van der Waals surface area contributed by atoms with E-state index in [1.807, 2.05) is 63.2 Å². The van der Waals surface area contributed by atoms with Gasteiger partial charge < -0.3 is 9.15 Å². The number of carbonyl (C=O) groups excluding carboxylic acids is 1. The number of nitrogens with zero attached hydrogens (tertiary/aromatic N) is 2. The highest BCUT2D eigenvalue weighted by molar-refractivity contribution is 8.00. The van der Waals surface area contributed by atoms with Crippen molar-refractivity contribution in [2.45, 2.75) is 31.2 Å². The van der Waals surface area contributed by atoms with E-state index < -0.39 is 0 Å². The number of thioether (sulfide) groups is 1. The zero-order chi connectivity index (χ0) is 18.7. The molecule has 0 spiro atoms. The summed E-state index contributed by atoms with van der Waals surface area (Å²) in [5.41, 5.74) is 3.77. The molecule has 0 aliphatic rings. The fourth-order valence-corrected chi connectivity index (χ4v) is 3.20. The Morgan fingerprint density at radius 1 is 1.08 bits per heavy atom. The van der Waals surface area contributed by atoms with Crippen molar-refractivity contribution in [1.82, 2.24) is 10.2 Å². The van der Waals surface area contributed by atoms with E-state index in [2.05, 4.69) is 10.2 Å². The standard InChI is InChI=1S/C20H20N2O3S/c1-12-5-6-16(11-13(12)2)18(23)14(3)26-20-22-21-19(25-20)15-7-9-17(24-4)10-8-15/h5-11,14H,1-4H3/t14-/m0/s1. The second-order valence-electron chi connectivity index (χ2n) is 6.02. The van der Waals surface area contributed by atoms with Crippen LogP contribution in [0, 0.1) is 13.8 Å². The molecule has 3 aromatic rings. The molecule has 0 unspecified atom stereocenters. The zero-order valence-corrected chi connectivity index (χ0v) is 16.0. The third kappa shape index (κ3) is 3.96. The second-order valence-corrected chi connectivity index (χ2v) is 7.32. The van der Waals surface area contributed by atoms with Gasteiger partial charge in [0.2, 0.25) is 5.89 Å². The van der Waals surface area contributed by atoms with Crippen molar-refractivity contribution in [3.8, 4) is 17.2 Å². The number of benzene rings is 2. The zero-order valence-electron chi connectivity index (χ0n) is 15.1. The van der Waals surface area contributed by atoms with E-state index in [4.69, 9.17) is 9.15 Å². The van der Waals surface area contributed by atoms with E-state index in [1.54, 1.807) is 7.11 Å². The fraction of sp³-hybridized carbons (Fsp3) is 0.250. The predicted molar refractivity (Wildman–Crippen MR) is 102 cm³/mol. The van der Waals surface area contributed by atoms with E-state index >= 15 is 0 Å². The van der Waals surface area contributed by atoms with Gasteiger partial charge >= 0.3 is 0 Å². The van der Waals surface area contributed by atoms with Crippen molar-refractivity contribution in [2.24, 2.45) is 0 Å². The van der Waals surface area contributed by atoms with E-state index in [-0.39, 0.29) is 11.0 Å². The molecule has 26 heavy (non-hydrogen) atoms. The number of rotatable bonds is 6. The number of hydrogen-bond donors (Lipinski definition) is 0. The van der Waals surface area contributed by atoms with Gasteiger partial charge in [-0.25, -0.2) is 0 Å². The van der Waals surface area contributed by atoms with Gasteiger partial charge in [0, 0.05) is 11.1 Å². The normalized spacial score (nSPS) is 12.0. The van der Waals surface area contributed by atoms with Crippen LogP contribution in [0.2, 0.25) is 0 Å². The number of aromatic nitrogens is 2. The summed E-state index contributed by atoms with van der Waals surface area (Å²) in [5.74, 6) is 1.22. The molecule has 0 N–H and O–H groups in total. The second kappa shape index (κ2) is 7.74. The molecule has 0 radical (unpaired) electrons. The molecule has 0 aliphatic carbocycles. The number of methoxy groups -OCH3 is 1. The molecule has 0 fully saturated rings. The van der Waals surface area contributed by atoms with Crippen LogP contribution in [0.4, 0.5) is 0 Å². The smallest absolute Gasteiger partial charge is 0.277 e. The minimum absolute atomic E-state index is 0.0438. The van der Waals surface area contributed by atoms with Crippen LogP contribution in [0.3, 0.4) is 0 Å². The summed E-state index contributed by atoms with van der Waals surface area (Å²) >= 11 is 1.27. The van der Waals surface area contributed by atoms with Gasteiger partial charge in [0.05, 0.1) is 12.4 Å². The Labute approximate surface area is 156 Å². The van der Waals surface area contributed by atoms with E-state index in [0.29, 0.717) is 16.7 Å². The molecule has 1 atom stereocenters. The highest BCUT2D eigenvalue weighted by Gasteiger charge is 2.20. The van der Waals surface area contributed by atoms with E-state index in [0.717, 1.165) is 16.9 Å². The molecule has 1 aromatic heterocycles. The predicted octanol–water partition coefficient (Wildman–Crippen LogP) is 4.73. The Hall–Kier alpha value is -2.60. The fourth-order valence-electron chi connectivity index (χ4n) is 2.44. The number of ether oxygens (including phenoxy) is 1. The van der Waals surface area contributed by atoms with Gasteiger partial charge in [-0.2, -0.15) is 0 Å². The maximum atomic E-state index is 12.6.